The summed E-state index contributed by atoms with van der Waals surface area (Å²) in [5.74, 6) is 0. The van der Waals surface area contributed by atoms with Gasteiger partial charge in [-0.25, -0.2) is 0 Å². The van der Waals surface area contributed by atoms with Crippen LogP contribution in [0, 0.1) is 5.41 Å². The second-order valence-corrected chi connectivity index (χ2v) is 8.05. The monoisotopic (exact) mass is 282 g/mol. The molecule has 0 bridgehead atoms. The minimum Gasteiger partial charge on any atom is -0.389 e. The summed E-state index contributed by atoms with van der Waals surface area (Å²) >= 11 is 0. The number of hydrogen-bond acceptors (Lipinski definition) is 3. The van der Waals surface area contributed by atoms with Crippen LogP contribution in [-0.2, 0) is 0 Å². The van der Waals surface area contributed by atoms with Gasteiger partial charge < -0.3 is 15.3 Å². The van der Waals surface area contributed by atoms with E-state index in [1.807, 2.05) is 13.8 Å². The Labute approximate surface area is 125 Å². The van der Waals surface area contributed by atoms with E-state index >= 15 is 0 Å². The Morgan fingerprint density at radius 1 is 1.15 bits per heavy atom. The summed E-state index contributed by atoms with van der Waals surface area (Å²) in [5.41, 5.74) is -0.163. The Morgan fingerprint density at radius 2 is 1.75 bits per heavy atom. The van der Waals surface area contributed by atoms with Crippen LogP contribution < -0.4 is 5.32 Å². The fourth-order valence-corrected chi connectivity index (χ4v) is 3.81. The molecule has 2 aliphatic carbocycles. The van der Waals surface area contributed by atoms with E-state index in [1.54, 1.807) is 0 Å². The minimum absolute atomic E-state index is 0.430. The number of hydrogen-bond donors (Lipinski definition) is 2. The largest absolute Gasteiger partial charge is 0.389 e. The molecule has 2 saturated carbocycles. The van der Waals surface area contributed by atoms with E-state index in [-0.39, 0.29) is 0 Å². The molecule has 2 aliphatic rings. The molecule has 2 N–H and O–H groups in total. The van der Waals surface area contributed by atoms with E-state index in [0.29, 0.717) is 5.41 Å². The van der Waals surface area contributed by atoms with Crippen LogP contribution in [0.4, 0.5) is 0 Å². The molecule has 0 aromatic carbocycles. The topological polar surface area (TPSA) is 35.5 Å². The molecule has 20 heavy (non-hydrogen) atoms. The molecular formula is C17H34N2O. The summed E-state index contributed by atoms with van der Waals surface area (Å²) in [6, 6.07) is 0.801. The van der Waals surface area contributed by atoms with E-state index < -0.39 is 5.60 Å². The van der Waals surface area contributed by atoms with Crippen molar-refractivity contribution in [1.29, 1.82) is 0 Å². The van der Waals surface area contributed by atoms with Crippen molar-refractivity contribution in [2.24, 2.45) is 5.41 Å². The first-order chi connectivity index (χ1) is 9.39. The van der Waals surface area contributed by atoms with Gasteiger partial charge in [0.15, 0.2) is 0 Å². The number of aliphatic hydroxyl groups is 1. The van der Waals surface area contributed by atoms with Gasteiger partial charge in [-0.1, -0.05) is 25.7 Å². The average Bonchev–Trinajstić information content (AvgIpc) is 3.11. The van der Waals surface area contributed by atoms with Crippen LogP contribution in [0.25, 0.3) is 0 Å². The molecule has 0 atom stereocenters. The van der Waals surface area contributed by atoms with Crippen LogP contribution in [0.1, 0.15) is 65.2 Å². The molecule has 2 fully saturated rings. The number of nitrogens with one attached hydrogen (secondary N) is 1. The zero-order valence-electron chi connectivity index (χ0n) is 13.7. The highest BCUT2D eigenvalue weighted by Crippen LogP contribution is 2.36. The first-order valence-electron chi connectivity index (χ1n) is 8.53. The first kappa shape index (κ1) is 16.3. The molecule has 0 spiro atoms. The van der Waals surface area contributed by atoms with E-state index in [0.717, 1.165) is 19.1 Å². The lowest BCUT2D eigenvalue weighted by Gasteiger charge is -2.38. The Bertz CT molecular complexity index is 286. The van der Waals surface area contributed by atoms with Gasteiger partial charge in [0.25, 0.3) is 0 Å². The fourth-order valence-electron chi connectivity index (χ4n) is 3.81. The normalized spacial score (nSPS) is 23.9. The van der Waals surface area contributed by atoms with Crippen molar-refractivity contribution in [3.63, 3.8) is 0 Å². The van der Waals surface area contributed by atoms with E-state index in [4.69, 9.17) is 0 Å². The summed E-state index contributed by atoms with van der Waals surface area (Å²) in [7, 11) is 2.17. The lowest BCUT2D eigenvalue weighted by atomic mass is 9.79. The molecular weight excluding hydrogens is 248 g/mol. The highest BCUT2D eigenvalue weighted by molar-refractivity contribution is 4.91. The Kier molecular flexibility index (Phi) is 5.49. The van der Waals surface area contributed by atoms with Crippen LogP contribution in [0.15, 0.2) is 0 Å². The number of nitrogens with zero attached hydrogens (tertiary/aromatic N) is 1. The molecule has 0 unspecified atom stereocenters. The van der Waals surface area contributed by atoms with Crippen molar-refractivity contribution >= 4 is 0 Å². The van der Waals surface area contributed by atoms with E-state index in [9.17, 15) is 5.11 Å². The van der Waals surface area contributed by atoms with Crippen LogP contribution in [-0.4, -0.2) is 48.3 Å². The molecule has 0 heterocycles. The van der Waals surface area contributed by atoms with Crippen molar-refractivity contribution in [3.05, 3.63) is 0 Å². The summed E-state index contributed by atoms with van der Waals surface area (Å²) in [6.07, 6.45) is 11.0. The SMILES string of the molecule is CN(CC(C)(C)O)CC1(CNC2CC2)CCCCCC1. The zero-order chi connectivity index (χ0) is 14.6. The van der Waals surface area contributed by atoms with Gasteiger partial charge in [-0.05, 0) is 52.0 Å². The van der Waals surface area contributed by atoms with Crippen molar-refractivity contribution in [2.75, 3.05) is 26.7 Å². The molecule has 0 amide bonds. The quantitative estimate of drug-likeness (QED) is 0.705. The van der Waals surface area contributed by atoms with Crippen molar-refractivity contribution < 1.29 is 5.11 Å². The zero-order valence-corrected chi connectivity index (χ0v) is 13.7. The maximum atomic E-state index is 10.0. The Balaban J connectivity index is 1.92. The maximum Gasteiger partial charge on any atom is 0.0718 e. The van der Waals surface area contributed by atoms with Gasteiger partial charge in [-0.3, -0.25) is 0 Å². The molecule has 0 aliphatic heterocycles. The lowest BCUT2D eigenvalue weighted by Crippen LogP contribution is -2.46. The van der Waals surface area contributed by atoms with Crippen LogP contribution in [0.5, 0.6) is 0 Å². The highest BCUT2D eigenvalue weighted by atomic mass is 16.3. The second kappa shape index (κ2) is 6.76. The first-order valence-corrected chi connectivity index (χ1v) is 8.53. The molecule has 0 aromatic rings. The lowest BCUT2D eigenvalue weighted by molar-refractivity contribution is 0.0271. The van der Waals surface area contributed by atoms with Crippen molar-refractivity contribution in [1.82, 2.24) is 10.2 Å². The second-order valence-electron chi connectivity index (χ2n) is 8.05. The van der Waals surface area contributed by atoms with Crippen LogP contribution in [0.3, 0.4) is 0 Å². The van der Waals surface area contributed by atoms with Crippen LogP contribution in [0.2, 0.25) is 0 Å². The molecule has 3 heteroatoms. The van der Waals surface area contributed by atoms with Crippen molar-refractivity contribution in [2.45, 2.75) is 76.9 Å². The van der Waals surface area contributed by atoms with Gasteiger partial charge >= 0.3 is 0 Å². The summed E-state index contributed by atoms with van der Waals surface area (Å²) in [5, 5.41) is 13.8. The third-order valence-electron chi connectivity index (χ3n) is 4.77. The smallest absolute Gasteiger partial charge is 0.0718 e. The van der Waals surface area contributed by atoms with Gasteiger partial charge in [-0.2, -0.15) is 0 Å². The molecule has 2 rings (SSSR count). The van der Waals surface area contributed by atoms with Gasteiger partial charge in [-0.15, -0.1) is 0 Å². The molecule has 3 nitrogen and oxygen atoms in total. The minimum atomic E-state index is -0.593. The van der Waals surface area contributed by atoms with Crippen LogP contribution >= 0.6 is 0 Å². The van der Waals surface area contributed by atoms with E-state index in [1.165, 1.54) is 57.9 Å². The van der Waals surface area contributed by atoms with Gasteiger partial charge in [0.1, 0.15) is 0 Å². The van der Waals surface area contributed by atoms with Gasteiger partial charge in [0, 0.05) is 25.7 Å². The Hall–Kier alpha value is -0.120. The van der Waals surface area contributed by atoms with Gasteiger partial charge in [0.05, 0.1) is 5.60 Å². The summed E-state index contributed by atoms with van der Waals surface area (Å²) in [6.45, 7) is 6.88. The average molecular weight is 282 g/mol. The third kappa shape index (κ3) is 5.71. The highest BCUT2D eigenvalue weighted by Gasteiger charge is 2.34. The van der Waals surface area contributed by atoms with E-state index in [2.05, 4.69) is 17.3 Å². The summed E-state index contributed by atoms with van der Waals surface area (Å²) in [4.78, 5) is 2.35. The predicted molar refractivity (Wildman–Crippen MR) is 85.0 cm³/mol. The maximum absolute atomic E-state index is 10.0. The number of rotatable bonds is 7. The molecule has 0 radical (unpaired) electrons. The third-order valence-corrected chi connectivity index (χ3v) is 4.77. The Morgan fingerprint density at radius 3 is 2.25 bits per heavy atom. The summed E-state index contributed by atoms with van der Waals surface area (Å²) < 4.78 is 0. The van der Waals surface area contributed by atoms with Gasteiger partial charge in [0.2, 0.25) is 0 Å². The molecule has 118 valence electrons. The van der Waals surface area contributed by atoms with Crippen molar-refractivity contribution in [3.8, 4) is 0 Å². The predicted octanol–water partition coefficient (Wildman–Crippen LogP) is 2.78. The number of likely N-dealkylation sites (N-methyl/N-ethyl adjacent to an activating group) is 1. The molecule has 0 saturated heterocycles. The molecule has 0 aromatic heterocycles. The standard InChI is InChI=1S/C17H34N2O/c1-16(2,20)13-19(3)14-17(12-18-15-8-9-15)10-6-4-5-7-11-17/h15,18,20H,4-14H2,1-3H3. The fraction of sp³-hybridized carbons (Fsp3) is 1.00.